The predicted octanol–water partition coefficient (Wildman–Crippen LogP) is 7.36. The second-order valence-electron chi connectivity index (χ2n) is 7.52. The Labute approximate surface area is 157 Å². The quantitative estimate of drug-likeness (QED) is 0.481. The molecule has 1 aliphatic carbocycles. The summed E-state index contributed by atoms with van der Waals surface area (Å²) in [4.78, 5) is 3.80. The van der Waals surface area contributed by atoms with E-state index in [0.29, 0.717) is 0 Å². The van der Waals surface area contributed by atoms with Crippen molar-refractivity contribution in [3.63, 3.8) is 0 Å². The van der Waals surface area contributed by atoms with E-state index in [2.05, 4.69) is 67.4 Å². The molecular weight excluding hydrogens is 314 g/mol. The highest BCUT2D eigenvalue weighted by molar-refractivity contribution is 5.98. The van der Waals surface area contributed by atoms with Gasteiger partial charge in [-0.05, 0) is 59.6 Å². The molecule has 1 N–H and O–H groups in total. The van der Waals surface area contributed by atoms with Gasteiger partial charge in [0, 0.05) is 23.0 Å². The maximum Gasteiger partial charge on any atom is 0.0462 e. The summed E-state index contributed by atoms with van der Waals surface area (Å²) in [6.45, 7) is 4.59. The highest BCUT2D eigenvalue weighted by Gasteiger charge is 2.24. The topological polar surface area (TPSA) is 15.8 Å². The fourth-order valence-electron chi connectivity index (χ4n) is 4.38. The first-order chi connectivity index (χ1) is 12.8. The third-order valence-electron chi connectivity index (χ3n) is 5.75. The summed E-state index contributed by atoms with van der Waals surface area (Å²) in [6, 6.07) is 17.9. The van der Waals surface area contributed by atoms with Gasteiger partial charge in [-0.2, -0.15) is 0 Å². The van der Waals surface area contributed by atoms with Crippen molar-refractivity contribution in [2.45, 2.75) is 58.8 Å². The molecule has 1 aromatic heterocycles. The number of allylic oxidation sites excluding steroid dienone is 2. The number of aromatic nitrogens is 1. The molecule has 26 heavy (non-hydrogen) atoms. The van der Waals surface area contributed by atoms with Crippen LogP contribution in [-0.2, 0) is 6.42 Å². The molecule has 0 atom stereocenters. The van der Waals surface area contributed by atoms with Crippen LogP contribution in [0.15, 0.2) is 48.5 Å². The molecule has 1 heteroatoms. The molecule has 0 saturated heterocycles. The Morgan fingerprint density at radius 2 is 1.50 bits per heavy atom. The van der Waals surface area contributed by atoms with Gasteiger partial charge in [-0.25, -0.2) is 0 Å². The van der Waals surface area contributed by atoms with Gasteiger partial charge < -0.3 is 4.98 Å². The van der Waals surface area contributed by atoms with Gasteiger partial charge in [0.1, 0.15) is 0 Å². The lowest BCUT2D eigenvalue weighted by atomic mass is 9.90. The summed E-state index contributed by atoms with van der Waals surface area (Å²) in [5, 5.41) is 1.39. The molecule has 0 aliphatic heterocycles. The van der Waals surface area contributed by atoms with Crippen LogP contribution in [0.3, 0.4) is 0 Å². The molecule has 0 bridgehead atoms. The zero-order valence-electron chi connectivity index (χ0n) is 16.1. The molecule has 4 rings (SSSR count). The molecule has 0 spiro atoms. The summed E-state index contributed by atoms with van der Waals surface area (Å²) in [6.07, 6.45) is 8.37. The van der Waals surface area contributed by atoms with Crippen molar-refractivity contribution in [2.75, 3.05) is 0 Å². The van der Waals surface area contributed by atoms with Crippen LogP contribution in [0.1, 0.15) is 74.8 Å². The van der Waals surface area contributed by atoms with Crippen molar-refractivity contribution in [3.8, 4) is 0 Å². The van der Waals surface area contributed by atoms with Crippen molar-refractivity contribution in [3.05, 3.63) is 70.9 Å². The van der Waals surface area contributed by atoms with E-state index in [1.54, 1.807) is 11.1 Å². The highest BCUT2D eigenvalue weighted by Crippen LogP contribution is 2.42. The van der Waals surface area contributed by atoms with Gasteiger partial charge in [0.05, 0.1) is 0 Å². The average Bonchev–Trinajstić information content (AvgIpc) is 2.97. The SMILES string of the molecule is CCCCC1=C(CCCC)c2[nH]c3ccccc3c2Cc2ccccc21. The lowest BCUT2D eigenvalue weighted by Gasteiger charge is -2.16. The lowest BCUT2D eigenvalue weighted by molar-refractivity contribution is 0.807. The molecule has 134 valence electrons. The molecule has 0 amide bonds. The van der Waals surface area contributed by atoms with E-state index in [1.165, 1.54) is 71.8 Å². The van der Waals surface area contributed by atoms with E-state index < -0.39 is 0 Å². The standard InChI is InChI=1S/C25H29N/c1-3-5-12-20-19-14-8-7-11-18(19)17-23-21-15-9-10-16-24(21)26-25(23)22(20)13-6-4-2/h7-11,14-16,26H,3-6,12-13,17H2,1-2H3. The fourth-order valence-corrected chi connectivity index (χ4v) is 4.38. The van der Waals surface area contributed by atoms with Crippen LogP contribution < -0.4 is 0 Å². The molecule has 0 unspecified atom stereocenters. The Balaban J connectivity index is 1.99. The fraction of sp³-hybridized carbons (Fsp3) is 0.360. The largest absolute Gasteiger partial charge is 0.355 e. The van der Waals surface area contributed by atoms with E-state index in [0.717, 1.165) is 6.42 Å². The molecule has 2 aromatic carbocycles. The number of hydrogen-bond donors (Lipinski definition) is 1. The van der Waals surface area contributed by atoms with Gasteiger partial charge in [0.15, 0.2) is 0 Å². The Hall–Kier alpha value is -2.28. The number of fused-ring (bicyclic) bond motifs is 4. The minimum atomic E-state index is 1.03. The van der Waals surface area contributed by atoms with Gasteiger partial charge in [0.2, 0.25) is 0 Å². The first kappa shape index (κ1) is 17.1. The van der Waals surface area contributed by atoms with Crippen molar-refractivity contribution in [1.82, 2.24) is 4.98 Å². The van der Waals surface area contributed by atoms with Gasteiger partial charge >= 0.3 is 0 Å². The van der Waals surface area contributed by atoms with Crippen LogP contribution in [0.4, 0.5) is 0 Å². The average molecular weight is 344 g/mol. The van der Waals surface area contributed by atoms with E-state index in [9.17, 15) is 0 Å². The first-order valence-electron chi connectivity index (χ1n) is 10.2. The Kier molecular flexibility index (Phi) is 4.97. The number of para-hydroxylation sites is 1. The van der Waals surface area contributed by atoms with Crippen LogP contribution in [0.5, 0.6) is 0 Å². The van der Waals surface area contributed by atoms with Crippen molar-refractivity contribution in [2.24, 2.45) is 0 Å². The third kappa shape index (κ3) is 3.00. The van der Waals surface area contributed by atoms with Crippen LogP contribution >= 0.6 is 0 Å². The molecule has 1 nitrogen and oxygen atoms in total. The Morgan fingerprint density at radius 3 is 2.31 bits per heavy atom. The zero-order chi connectivity index (χ0) is 17.9. The molecule has 3 aromatic rings. The second-order valence-corrected chi connectivity index (χ2v) is 7.52. The van der Waals surface area contributed by atoms with Crippen LogP contribution in [-0.4, -0.2) is 4.98 Å². The smallest absolute Gasteiger partial charge is 0.0462 e. The normalized spacial score (nSPS) is 13.6. The van der Waals surface area contributed by atoms with Crippen molar-refractivity contribution >= 4 is 22.0 Å². The number of hydrogen-bond acceptors (Lipinski definition) is 0. The number of rotatable bonds is 6. The molecule has 1 aliphatic rings. The minimum Gasteiger partial charge on any atom is -0.355 e. The van der Waals surface area contributed by atoms with Gasteiger partial charge in [-0.1, -0.05) is 69.2 Å². The molecule has 0 radical (unpaired) electrons. The summed E-state index contributed by atoms with van der Waals surface area (Å²) in [7, 11) is 0. The first-order valence-corrected chi connectivity index (χ1v) is 10.2. The third-order valence-corrected chi connectivity index (χ3v) is 5.75. The van der Waals surface area contributed by atoms with Crippen molar-refractivity contribution < 1.29 is 0 Å². The van der Waals surface area contributed by atoms with Crippen LogP contribution in [0.25, 0.3) is 22.0 Å². The molecular formula is C25H29N. The number of unbranched alkanes of at least 4 members (excludes halogenated alkanes) is 2. The summed E-state index contributed by atoms with van der Waals surface area (Å²) in [5.41, 5.74) is 10.3. The maximum atomic E-state index is 3.80. The molecule has 1 heterocycles. The predicted molar refractivity (Wildman–Crippen MR) is 113 cm³/mol. The number of aromatic amines is 1. The summed E-state index contributed by atoms with van der Waals surface area (Å²) >= 11 is 0. The van der Waals surface area contributed by atoms with E-state index in [1.807, 2.05) is 0 Å². The van der Waals surface area contributed by atoms with Gasteiger partial charge in [-0.3, -0.25) is 0 Å². The van der Waals surface area contributed by atoms with Crippen LogP contribution in [0.2, 0.25) is 0 Å². The summed E-state index contributed by atoms with van der Waals surface area (Å²) in [5.74, 6) is 0. The molecule has 0 saturated carbocycles. The zero-order valence-corrected chi connectivity index (χ0v) is 16.1. The molecule has 0 fully saturated rings. The van der Waals surface area contributed by atoms with E-state index in [-0.39, 0.29) is 0 Å². The highest BCUT2D eigenvalue weighted by atomic mass is 14.7. The Bertz CT molecular complexity index is 942. The number of nitrogens with one attached hydrogen (secondary N) is 1. The van der Waals surface area contributed by atoms with E-state index >= 15 is 0 Å². The minimum absolute atomic E-state index is 1.03. The number of H-pyrrole nitrogens is 1. The van der Waals surface area contributed by atoms with Crippen molar-refractivity contribution in [1.29, 1.82) is 0 Å². The monoisotopic (exact) mass is 343 g/mol. The number of benzene rings is 2. The van der Waals surface area contributed by atoms with Gasteiger partial charge in [-0.15, -0.1) is 0 Å². The second kappa shape index (κ2) is 7.53. The van der Waals surface area contributed by atoms with Crippen LogP contribution in [0, 0.1) is 0 Å². The maximum absolute atomic E-state index is 3.80. The lowest BCUT2D eigenvalue weighted by Crippen LogP contribution is -1.95. The Morgan fingerprint density at radius 1 is 0.808 bits per heavy atom. The van der Waals surface area contributed by atoms with E-state index in [4.69, 9.17) is 0 Å². The van der Waals surface area contributed by atoms with Gasteiger partial charge in [0.25, 0.3) is 0 Å². The summed E-state index contributed by atoms with van der Waals surface area (Å²) < 4.78 is 0.